The average molecular weight is 432 g/mol. The Morgan fingerprint density at radius 2 is 2.00 bits per heavy atom. The van der Waals surface area contributed by atoms with Crippen LogP contribution in [0.15, 0.2) is 65.8 Å². The number of anilines is 1. The number of amides is 1. The fourth-order valence-corrected chi connectivity index (χ4v) is 4.57. The number of benzene rings is 1. The number of phenols is 1. The van der Waals surface area contributed by atoms with Crippen LogP contribution in [0.5, 0.6) is 5.75 Å². The second-order valence-corrected chi connectivity index (χ2v) is 7.93. The monoisotopic (exact) mass is 432 g/mol. The summed E-state index contributed by atoms with van der Waals surface area (Å²) in [5.41, 5.74) is 1.84. The fraction of sp³-hybridized carbons (Fsp3) is 0.0909. The van der Waals surface area contributed by atoms with E-state index in [0.717, 1.165) is 0 Å². The zero-order valence-corrected chi connectivity index (χ0v) is 17.1. The Bertz CT molecular complexity index is 1370. The predicted octanol–water partition coefficient (Wildman–Crippen LogP) is 3.43. The van der Waals surface area contributed by atoms with Crippen molar-refractivity contribution in [3.05, 3.63) is 82.8 Å². The number of thiazole rings is 1. The number of fused-ring (bicyclic) bond motifs is 1. The summed E-state index contributed by atoms with van der Waals surface area (Å²) < 4.78 is 1.67. The van der Waals surface area contributed by atoms with Crippen LogP contribution in [0.25, 0.3) is 11.4 Å². The summed E-state index contributed by atoms with van der Waals surface area (Å²) >= 11 is 1.20. The molecule has 1 saturated heterocycles. The van der Waals surface area contributed by atoms with Gasteiger partial charge in [-0.15, -0.1) is 11.3 Å². The predicted molar refractivity (Wildman–Crippen MR) is 115 cm³/mol. The van der Waals surface area contributed by atoms with E-state index in [9.17, 15) is 19.8 Å². The van der Waals surface area contributed by atoms with Crippen molar-refractivity contribution in [2.45, 2.75) is 13.0 Å². The molecular formula is C22H16N4O4S. The molecule has 4 heterocycles. The van der Waals surface area contributed by atoms with Gasteiger partial charge in [-0.25, -0.2) is 9.97 Å². The number of aryl methyl sites for hydroxylation is 1. The number of aromatic hydroxyl groups is 1. The Kier molecular flexibility index (Phi) is 4.33. The van der Waals surface area contributed by atoms with Gasteiger partial charge in [-0.05, 0) is 36.8 Å². The van der Waals surface area contributed by atoms with Gasteiger partial charge in [-0.2, -0.15) is 0 Å². The Labute approximate surface area is 180 Å². The van der Waals surface area contributed by atoms with Crippen LogP contribution < -0.4 is 4.90 Å². The highest BCUT2D eigenvalue weighted by atomic mass is 32.1. The van der Waals surface area contributed by atoms with Gasteiger partial charge < -0.3 is 10.2 Å². The third kappa shape index (κ3) is 2.89. The summed E-state index contributed by atoms with van der Waals surface area (Å²) in [6, 6.07) is 10.7. The number of aliphatic hydroxyl groups is 1. The fourth-order valence-electron chi connectivity index (χ4n) is 3.90. The van der Waals surface area contributed by atoms with E-state index in [-0.39, 0.29) is 17.1 Å². The molecule has 5 rings (SSSR count). The molecule has 4 aromatic rings. The average Bonchev–Trinajstić information content (AvgIpc) is 3.45. The lowest BCUT2D eigenvalue weighted by molar-refractivity contribution is -0.132. The Morgan fingerprint density at radius 1 is 1.16 bits per heavy atom. The van der Waals surface area contributed by atoms with E-state index in [2.05, 4.69) is 9.97 Å². The van der Waals surface area contributed by atoms with Gasteiger partial charge in [0.05, 0.1) is 17.3 Å². The van der Waals surface area contributed by atoms with E-state index in [1.807, 2.05) is 6.07 Å². The van der Waals surface area contributed by atoms with Crippen LogP contribution >= 0.6 is 11.3 Å². The first-order chi connectivity index (χ1) is 15.0. The van der Waals surface area contributed by atoms with Gasteiger partial charge in [0.1, 0.15) is 17.1 Å². The number of nitrogens with zero attached hydrogens (tertiary/aromatic N) is 4. The number of aromatic nitrogens is 3. The normalized spacial score (nSPS) is 18.2. The lowest BCUT2D eigenvalue weighted by Gasteiger charge is -2.23. The summed E-state index contributed by atoms with van der Waals surface area (Å²) in [4.78, 5) is 36.0. The molecule has 8 nitrogen and oxygen atoms in total. The van der Waals surface area contributed by atoms with Crippen molar-refractivity contribution in [3.8, 4) is 5.75 Å². The zero-order chi connectivity index (χ0) is 21.7. The Morgan fingerprint density at radius 3 is 2.74 bits per heavy atom. The van der Waals surface area contributed by atoms with Crippen molar-refractivity contribution in [2.24, 2.45) is 0 Å². The van der Waals surface area contributed by atoms with Crippen LogP contribution in [-0.2, 0) is 9.59 Å². The first-order valence-electron chi connectivity index (χ1n) is 9.41. The number of ketones is 1. The standard InChI is InChI=1S/C22H16N4O4S/c1-12-17(25-9-3-2-7-15(25)24-12)19(28)16-18(13-5-4-6-14(27)11-13)26(21(30)20(16)29)22-23-8-10-31-22/h2-11,18,27-28H,1H3/b19-16+. The minimum Gasteiger partial charge on any atom is -0.508 e. The van der Waals surface area contributed by atoms with Crippen LogP contribution in [-0.4, -0.2) is 36.3 Å². The van der Waals surface area contributed by atoms with Crippen molar-refractivity contribution in [1.82, 2.24) is 14.4 Å². The maximum Gasteiger partial charge on any atom is 0.301 e. The summed E-state index contributed by atoms with van der Waals surface area (Å²) in [5.74, 6) is -1.97. The first-order valence-corrected chi connectivity index (χ1v) is 10.3. The van der Waals surface area contributed by atoms with Crippen LogP contribution in [0, 0.1) is 6.92 Å². The summed E-state index contributed by atoms with van der Waals surface area (Å²) in [5, 5.41) is 23.4. The third-order valence-corrected chi connectivity index (χ3v) is 5.95. The van der Waals surface area contributed by atoms with Gasteiger partial charge in [0.25, 0.3) is 5.78 Å². The van der Waals surface area contributed by atoms with Crippen molar-refractivity contribution in [1.29, 1.82) is 0 Å². The number of hydrogen-bond donors (Lipinski definition) is 2. The molecule has 0 radical (unpaired) electrons. The zero-order valence-electron chi connectivity index (χ0n) is 16.3. The number of aliphatic hydroxyl groups excluding tert-OH is 1. The largest absolute Gasteiger partial charge is 0.508 e. The minimum absolute atomic E-state index is 0.0202. The van der Waals surface area contributed by atoms with Crippen LogP contribution in [0.2, 0.25) is 0 Å². The molecule has 1 aliphatic rings. The van der Waals surface area contributed by atoms with Gasteiger partial charge >= 0.3 is 5.91 Å². The van der Waals surface area contributed by atoms with Crippen LogP contribution in [0.1, 0.15) is 23.0 Å². The van der Waals surface area contributed by atoms with E-state index in [1.165, 1.54) is 34.6 Å². The highest BCUT2D eigenvalue weighted by Gasteiger charge is 2.48. The number of carbonyl (C=O) groups excluding carboxylic acids is 2. The van der Waals surface area contributed by atoms with Crippen LogP contribution in [0.3, 0.4) is 0 Å². The lowest BCUT2D eigenvalue weighted by atomic mass is 9.96. The molecule has 9 heteroatoms. The second kappa shape index (κ2) is 7.06. The summed E-state index contributed by atoms with van der Waals surface area (Å²) in [7, 11) is 0. The van der Waals surface area contributed by atoms with E-state index >= 15 is 0 Å². The van der Waals surface area contributed by atoms with E-state index in [0.29, 0.717) is 27.7 Å². The highest BCUT2D eigenvalue weighted by Crippen LogP contribution is 2.43. The molecule has 0 bridgehead atoms. The SMILES string of the molecule is Cc1nc2ccccn2c1/C(O)=C1\C(=O)C(=O)N(c2nccs2)C1c1cccc(O)c1. The molecule has 154 valence electrons. The lowest BCUT2D eigenvalue weighted by Crippen LogP contribution is -2.29. The third-order valence-electron chi connectivity index (χ3n) is 5.18. The van der Waals surface area contributed by atoms with Crippen molar-refractivity contribution in [2.75, 3.05) is 4.90 Å². The first kappa shape index (κ1) is 19.0. The van der Waals surface area contributed by atoms with E-state index in [1.54, 1.807) is 47.2 Å². The highest BCUT2D eigenvalue weighted by molar-refractivity contribution is 7.14. The number of carbonyl (C=O) groups is 2. The number of rotatable bonds is 3. The maximum atomic E-state index is 13.1. The molecule has 2 N–H and O–H groups in total. The van der Waals surface area contributed by atoms with Crippen LogP contribution in [0.4, 0.5) is 5.13 Å². The van der Waals surface area contributed by atoms with E-state index in [4.69, 9.17) is 0 Å². The van der Waals surface area contributed by atoms with Gasteiger partial charge in [-0.3, -0.25) is 18.9 Å². The van der Waals surface area contributed by atoms with Crippen molar-refractivity contribution < 1.29 is 19.8 Å². The molecule has 0 spiro atoms. The molecule has 1 aliphatic heterocycles. The molecule has 3 aromatic heterocycles. The summed E-state index contributed by atoms with van der Waals surface area (Å²) in [6.45, 7) is 1.72. The number of pyridine rings is 1. The number of hydrogen-bond acceptors (Lipinski definition) is 7. The van der Waals surface area contributed by atoms with Gasteiger partial charge in [0.2, 0.25) is 0 Å². The smallest absolute Gasteiger partial charge is 0.301 e. The number of imidazole rings is 1. The van der Waals surface area contributed by atoms with Crippen molar-refractivity contribution >= 4 is 39.6 Å². The number of Topliss-reactive ketones (excluding diaryl/α,β-unsaturated/α-hetero) is 1. The second-order valence-electron chi connectivity index (χ2n) is 7.05. The maximum absolute atomic E-state index is 13.1. The molecule has 0 aliphatic carbocycles. The molecule has 1 unspecified atom stereocenters. The molecule has 0 saturated carbocycles. The minimum atomic E-state index is -0.952. The quantitative estimate of drug-likeness (QED) is 0.292. The molecular weight excluding hydrogens is 416 g/mol. The van der Waals surface area contributed by atoms with Gasteiger partial charge in [0.15, 0.2) is 10.9 Å². The topological polar surface area (TPSA) is 108 Å². The Balaban J connectivity index is 1.80. The molecule has 31 heavy (non-hydrogen) atoms. The molecule has 1 atom stereocenters. The van der Waals surface area contributed by atoms with Gasteiger partial charge in [0, 0.05) is 17.8 Å². The van der Waals surface area contributed by atoms with Gasteiger partial charge in [-0.1, -0.05) is 18.2 Å². The summed E-state index contributed by atoms with van der Waals surface area (Å²) in [6.07, 6.45) is 3.26. The molecule has 1 fully saturated rings. The Hall–Kier alpha value is -3.98. The van der Waals surface area contributed by atoms with E-state index < -0.39 is 17.7 Å². The molecule has 1 aromatic carbocycles. The number of phenolic OH excluding ortho intramolecular Hbond substituents is 1. The van der Waals surface area contributed by atoms with Crippen molar-refractivity contribution in [3.63, 3.8) is 0 Å². The molecule has 1 amide bonds.